The first-order chi connectivity index (χ1) is 9.22. The van der Waals surface area contributed by atoms with Crippen LogP contribution < -0.4 is 4.74 Å². The lowest BCUT2D eigenvalue weighted by molar-refractivity contribution is 0.457. The molecule has 0 aliphatic heterocycles. The zero-order chi connectivity index (χ0) is 13.2. The lowest BCUT2D eigenvalue weighted by Crippen LogP contribution is -2.02. The van der Waals surface area contributed by atoms with Crippen LogP contribution in [-0.4, -0.2) is 4.98 Å². The molecule has 0 atom stereocenters. The number of rotatable bonds is 2. The number of pyridine rings is 1. The molecule has 1 aromatic carbocycles. The lowest BCUT2D eigenvalue weighted by atomic mass is 9.92. The molecular formula is C16H16BrNO. The van der Waals surface area contributed by atoms with Gasteiger partial charge in [0, 0.05) is 16.2 Å². The van der Waals surface area contributed by atoms with E-state index in [-0.39, 0.29) is 0 Å². The Balaban J connectivity index is 1.87. The number of fused-ring (bicyclic) bond motifs is 1. The normalized spacial score (nSPS) is 14.0. The zero-order valence-electron chi connectivity index (χ0n) is 10.9. The van der Waals surface area contributed by atoms with E-state index in [4.69, 9.17) is 4.74 Å². The Morgan fingerprint density at radius 1 is 1.11 bits per heavy atom. The van der Waals surface area contributed by atoms with Gasteiger partial charge in [0.1, 0.15) is 5.75 Å². The Bertz CT molecular complexity index is 610. The van der Waals surface area contributed by atoms with E-state index in [0.29, 0.717) is 5.88 Å². The molecule has 1 heterocycles. The van der Waals surface area contributed by atoms with Crippen LogP contribution in [0.15, 0.2) is 34.9 Å². The van der Waals surface area contributed by atoms with Crippen LogP contribution in [0.4, 0.5) is 0 Å². The monoisotopic (exact) mass is 317 g/mol. The first kappa shape index (κ1) is 12.7. The van der Waals surface area contributed by atoms with E-state index in [2.05, 4.69) is 33.0 Å². The number of nitrogens with zero attached hydrogens (tertiary/aromatic N) is 1. The molecule has 0 N–H and O–H groups in total. The van der Waals surface area contributed by atoms with Crippen molar-refractivity contribution in [2.75, 3.05) is 0 Å². The molecule has 3 rings (SSSR count). The molecular weight excluding hydrogens is 302 g/mol. The van der Waals surface area contributed by atoms with Gasteiger partial charge < -0.3 is 4.74 Å². The van der Waals surface area contributed by atoms with Crippen LogP contribution in [0.2, 0.25) is 0 Å². The fourth-order valence-corrected chi connectivity index (χ4v) is 2.97. The summed E-state index contributed by atoms with van der Waals surface area (Å²) in [6, 6.07) is 8.42. The third kappa shape index (κ3) is 2.81. The minimum atomic E-state index is 0.680. The predicted molar refractivity (Wildman–Crippen MR) is 79.8 cm³/mol. The van der Waals surface area contributed by atoms with Gasteiger partial charge in [0.15, 0.2) is 0 Å². The van der Waals surface area contributed by atoms with E-state index in [9.17, 15) is 0 Å². The second-order valence-corrected chi connectivity index (χ2v) is 5.93. The highest BCUT2D eigenvalue weighted by atomic mass is 79.9. The first-order valence-electron chi connectivity index (χ1n) is 6.64. The van der Waals surface area contributed by atoms with Crippen molar-refractivity contribution in [1.29, 1.82) is 0 Å². The molecule has 2 nitrogen and oxygen atoms in total. The van der Waals surface area contributed by atoms with Crippen LogP contribution in [0.3, 0.4) is 0 Å². The fourth-order valence-electron chi connectivity index (χ4n) is 2.52. The smallest absolute Gasteiger partial charge is 0.222 e. The van der Waals surface area contributed by atoms with Gasteiger partial charge in [-0.05, 0) is 77.9 Å². The summed E-state index contributed by atoms with van der Waals surface area (Å²) in [5.74, 6) is 1.57. The second-order valence-electron chi connectivity index (χ2n) is 5.02. The molecule has 1 aliphatic rings. The molecule has 0 amide bonds. The van der Waals surface area contributed by atoms with Crippen molar-refractivity contribution in [3.05, 3.63) is 51.6 Å². The number of aryl methyl sites for hydroxylation is 3. The standard InChI is InChI=1S/C16H16BrNO/c1-11-8-14(17)10-18-16(11)19-15-7-6-12-4-2-3-5-13(12)9-15/h6-10H,2-5H2,1H3. The van der Waals surface area contributed by atoms with Gasteiger partial charge in [-0.2, -0.15) is 0 Å². The molecule has 0 radical (unpaired) electrons. The van der Waals surface area contributed by atoms with Crippen LogP contribution in [0.25, 0.3) is 0 Å². The molecule has 0 spiro atoms. The van der Waals surface area contributed by atoms with Gasteiger partial charge in [0.05, 0.1) is 0 Å². The van der Waals surface area contributed by atoms with Gasteiger partial charge in [-0.3, -0.25) is 0 Å². The topological polar surface area (TPSA) is 22.1 Å². The summed E-state index contributed by atoms with van der Waals surface area (Å²) >= 11 is 3.41. The van der Waals surface area contributed by atoms with Crippen molar-refractivity contribution in [1.82, 2.24) is 4.98 Å². The summed E-state index contributed by atoms with van der Waals surface area (Å²) in [6.07, 6.45) is 6.72. The van der Waals surface area contributed by atoms with Gasteiger partial charge in [-0.1, -0.05) is 6.07 Å². The molecule has 0 saturated carbocycles. The van der Waals surface area contributed by atoms with E-state index in [1.807, 2.05) is 19.1 Å². The third-order valence-corrected chi connectivity index (χ3v) is 3.97. The van der Waals surface area contributed by atoms with Crippen LogP contribution in [-0.2, 0) is 12.8 Å². The maximum absolute atomic E-state index is 5.90. The molecule has 0 bridgehead atoms. The van der Waals surface area contributed by atoms with Gasteiger partial charge in [-0.25, -0.2) is 4.98 Å². The number of aromatic nitrogens is 1. The molecule has 2 aromatic rings. The summed E-state index contributed by atoms with van der Waals surface area (Å²) in [5.41, 5.74) is 3.93. The maximum Gasteiger partial charge on any atom is 0.222 e. The number of hydrogen-bond donors (Lipinski definition) is 0. The molecule has 1 aliphatic carbocycles. The van der Waals surface area contributed by atoms with E-state index < -0.39 is 0 Å². The average Bonchev–Trinajstić information content (AvgIpc) is 2.42. The number of halogens is 1. The van der Waals surface area contributed by atoms with Crippen molar-refractivity contribution in [2.45, 2.75) is 32.6 Å². The molecule has 0 saturated heterocycles. The van der Waals surface area contributed by atoms with Crippen molar-refractivity contribution >= 4 is 15.9 Å². The largest absolute Gasteiger partial charge is 0.439 e. The highest BCUT2D eigenvalue weighted by molar-refractivity contribution is 9.10. The van der Waals surface area contributed by atoms with Crippen molar-refractivity contribution in [3.8, 4) is 11.6 Å². The maximum atomic E-state index is 5.90. The van der Waals surface area contributed by atoms with E-state index in [0.717, 1.165) is 15.8 Å². The molecule has 3 heteroatoms. The van der Waals surface area contributed by atoms with Crippen LogP contribution in [0.1, 0.15) is 29.5 Å². The van der Waals surface area contributed by atoms with Gasteiger partial charge in [0.2, 0.25) is 5.88 Å². The van der Waals surface area contributed by atoms with Crippen molar-refractivity contribution in [2.24, 2.45) is 0 Å². The molecule has 0 unspecified atom stereocenters. The molecule has 19 heavy (non-hydrogen) atoms. The summed E-state index contributed by atoms with van der Waals surface area (Å²) in [4.78, 5) is 4.32. The lowest BCUT2D eigenvalue weighted by Gasteiger charge is -2.16. The van der Waals surface area contributed by atoms with Gasteiger partial charge >= 0.3 is 0 Å². The van der Waals surface area contributed by atoms with E-state index >= 15 is 0 Å². The minimum absolute atomic E-state index is 0.680. The van der Waals surface area contributed by atoms with Crippen molar-refractivity contribution < 1.29 is 4.74 Å². The third-order valence-electron chi connectivity index (χ3n) is 3.53. The number of hydrogen-bond acceptors (Lipinski definition) is 2. The fraction of sp³-hybridized carbons (Fsp3) is 0.312. The van der Waals surface area contributed by atoms with E-state index in [1.54, 1.807) is 6.20 Å². The first-order valence-corrected chi connectivity index (χ1v) is 7.43. The van der Waals surface area contributed by atoms with Gasteiger partial charge in [0.25, 0.3) is 0 Å². The summed E-state index contributed by atoms with van der Waals surface area (Å²) < 4.78 is 6.87. The minimum Gasteiger partial charge on any atom is -0.439 e. The summed E-state index contributed by atoms with van der Waals surface area (Å²) in [7, 11) is 0. The Labute approximate surface area is 122 Å². The quantitative estimate of drug-likeness (QED) is 0.792. The second kappa shape index (κ2) is 5.33. The molecule has 98 valence electrons. The van der Waals surface area contributed by atoms with Crippen LogP contribution in [0, 0.1) is 6.92 Å². The molecule has 0 fully saturated rings. The van der Waals surface area contributed by atoms with Crippen LogP contribution >= 0.6 is 15.9 Å². The Morgan fingerprint density at radius 2 is 1.89 bits per heavy atom. The van der Waals surface area contributed by atoms with Crippen molar-refractivity contribution in [3.63, 3.8) is 0 Å². The predicted octanol–water partition coefficient (Wildman–Crippen LogP) is 4.82. The van der Waals surface area contributed by atoms with Crippen LogP contribution in [0.5, 0.6) is 11.6 Å². The highest BCUT2D eigenvalue weighted by Crippen LogP contribution is 2.29. The Kier molecular flexibility index (Phi) is 3.56. The Hall–Kier alpha value is -1.35. The number of ether oxygens (including phenoxy) is 1. The zero-order valence-corrected chi connectivity index (χ0v) is 12.5. The van der Waals surface area contributed by atoms with E-state index in [1.165, 1.54) is 36.8 Å². The summed E-state index contributed by atoms with van der Waals surface area (Å²) in [5, 5.41) is 0. The number of benzene rings is 1. The van der Waals surface area contributed by atoms with Gasteiger partial charge in [-0.15, -0.1) is 0 Å². The summed E-state index contributed by atoms with van der Waals surface area (Å²) in [6.45, 7) is 2.01. The Morgan fingerprint density at radius 3 is 2.68 bits per heavy atom. The molecule has 1 aromatic heterocycles. The highest BCUT2D eigenvalue weighted by Gasteiger charge is 2.11. The SMILES string of the molecule is Cc1cc(Br)cnc1Oc1ccc2c(c1)CCCC2. The average molecular weight is 318 g/mol.